The minimum Gasteiger partial charge on any atom is -0.392 e. The van der Waals surface area contributed by atoms with Crippen molar-refractivity contribution in [3.8, 4) is 0 Å². The summed E-state index contributed by atoms with van der Waals surface area (Å²) in [5, 5.41) is 16.5. The molecule has 0 aromatic carbocycles. The molecule has 0 bridgehead atoms. The lowest BCUT2D eigenvalue weighted by Gasteiger charge is -2.18. The van der Waals surface area contributed by atoms with E-state index in [1.165, 1.54) is 4.90 Å². The molecule has 1 heterocycles. The number of aromatic nitrogens is 3. The van der Waals surface area contributed by atoms with E-state index < -0.39 is 6.10 Å². The number of likely N-dealkylation sites (N-methyl/N-ethyl adjacent to an activating group) is 1. The first-order valence-corrected chi connectivity index (χ1v) is 4.85. The number of rotatable bonds is 5. The molecule has 0 aliphatic rings. The molecule has 0 spiro atoms. The molecule has 0 aliphatic carbocycles. The van der Waals surface area contributed by atoms with Crippen LogP contribution in [0, 0.1) is 0 Å². The van der Waals surface area contributed by atoms with Crippen LogP contribution in [0.15, 0.2) is 12.4 Å². The van der Waals surface area contributed by atoms with Gasteiger partial charge in [0.1, 0.15) is 0 Å². The van der Waals surface area contributed by atoms with Crippen LogP contribution in [0.25, 0.3) is 0 Å². The van der Waals surface area contributed by atoms with Gasteiger partial charge in [0.2, 0.25) is 5.91 Å². The summed E-state index contributed by atoms with van der Waals surface area (Å²) in [5.74, 6) is -0.00796. The molecule has 1 aromatic rings. The van der Waals surface area contributed by atoms with Crippen LogP contribution in [-0.4, -0.2) is 50.6 Å². The predicted octanol–water partition coefficient (Wildman–Crippen LogP) is -0.493. The van der Waals surface area contributed by atoms with Gasteiger partial charge in [0.05, 0.1) is 18.8 Å². The van der Waals surface area contributed by atoms with Crippen LogP contribution in [0.3, 0.4) is 0 Å². The first-order chi connectivity index (χ1) is 7.09. The maximum Gasteiger partial charge on any atom is 0.224 e. The fourth-order valence-electron chi connectivity index (χ4n) is 1.25. The van der Waals surface area contributed by atoms with Gasteiger partial charge in [-0.2, -0.15) is 0 Å². The molecule has 1 unspecified atom stereocenters. The van der Waals surface area contributed by atoms with E-state index in [9.17, 15) is 4.79 Å². The molecule has 1 rings (SSSR count). The highest BCUT2D eigenvalue weighted by Crippen LogP contribution is 1.95. The largest absolute Gasteiger partial charge is 0.392 e. The zero-order valence-corrected chi connectivity index (χ0v) is 9.00. The average molecular weight is 212 g/mol. The molecule has 1 aromatic heterocycles. The Labute approximate surface area is 88.5 Å². The summed E-state index contributed by atoms with van der Waals surface area (Å²) in [6.07, 6.45) is 3.16. The molecule has 15 heavy (non-hydrogen) atoms. The molecular formula is C9H16N4O2. The molecule has 1 N–H and O–H groups in total. The molecule has 0 saturated carbocycles. The number of nitrogens with zero attached hydrogens (tertiary/aromatic N) is 4. The fourth-order valence-corrected chi connectivity index (χ4v) is 1.25. The lowest BCUT2D eigenvalue weighted by Crippen LogP contribution is -2.33. The SMILES string of the molecule is CC(O)CN(C)C(=O)CCn1ccnn1. The zero-order chi connectivity index (χ0) is 11.3. The minimum atomic E-state index is -0.495. The molecule has 6 nitrogen and oxygen atoms in total. The van der Waals surface area contributed by atoms with Crippen molar-refractivity contribution in [1.82, 2.24) is 19.9 Å². The van der Waals surface area contributed by atoms with Gasteiger partial charge in [0.25, 0.3) is 0 Å². The number of hydrogen-bond acceptors (Lipinski definition) is 4. The topological polar surface area (TPSA) is 71.2 Å². The summed E-state index contributed by atoms with van der Waals surface area (Å²) in [5.41, 5.74) is 0. The molecule has 1 amide bonds. The molecule has 6 heteroatoms. The number of aliphatic hydroxyl groups excluding tert-OH is 1. The van der Waals surface area contributed by atoms with Crippen molar-refractivity contribution in [3.63, 3.8) is 0 Å². The Morgan fingerprint density at radius 1 is 1.67 bits per heavy atom. The fraction of sp³-hybridized carbons (Fsp3) is 0.667. The summed E-state index contributed by atoms with van der Waals surface area (Å²) < 4.78 is 1.61. The standard InChI is InChI=1S/C9H16N4O2/c1-8(14)7-12(2)9(15)3-5-13-6-4-10-11-13/h4,6,8,14H,3,5,7H2,1-2H3. The van der Waals surface area contributed by atoms with E-state index in [2.05, 4.69) is 10.3 Å². The van der Waals surface area contributed by atoms with Gasteiger partial charge in [0, 0.05) is 26.2 Å². The minimum absolute atomic E-state index is 0.00796. The Morgan fingerprint density at radius 3 is 2.93 bits per heavy atom. The van der Waals surface area contributed by atoms with Gasteiger partial charge in [-0.1, -0.05) is 5.21 Å². The van der Waals surface area contributed by atoms with E-state index in [-0.39, 0.29) is 5.91 Å². The number of aliphatic hydroxyl groups is 1. The van der Waals surface area contributed by atoms with Gasteiger partial charge in [-0.05, 0) is 6.92 Å². The number of carbonyl (C=O) groups excluding carboxylic acids is 1. The third-order valence-corrected chi connectivity index (χ3v) is 1.99. The summed E-state index contributed by atoms with van der Waals surface area (Å²) in [7, 11) is 1.68. The molecule has 0 saturated heterocycles. The van der Waals surface area contributed by atoms with Crippen LogP contribution in [0.2, 0.25) is 0 Å². The van der Waals surface area contributed by atoms with Gasteiger partial charge < -0.3 is 10.0 Å². The maximum atomic E-state index is 11.5. The quantitative estimate of drug-likeness (QED) is 0.714. The van der Waals surface area contributed by atoms with Crippen LogP contribution in [0.1, 0.15) is 13.3 Å². The summed E-state index contributed by atoms with van der Waals surface area (Å²) in [6, 6.07) is 0. The van der Waals surface area contributed by atoms with Crippen molar-refractivity contribution in [2.24, 2.45) is 0 Å². The van der Waals surface area contributed by atoms with Crippen molar-refractivity contribution < 1.29 is 9.90 Å². The lowest BCUT2D eigenvalue weighted by atomic mass is 10.3. The van der Waals surface area contributed by atoms with Crippen molar-refractivity contribution in [2.45, 2.75) is 26.0 Å². The van der Waals surface area contributed by atoms with E-state index in [1.807, 2.05) is 0 Å². The zero-order valence-electron chi connectivity index (χ0n) is 9.00. The summed E-state index contributed by atoms with van der Waals surface area (Å²) in [6.45, 7) is 2.53. The normalized spacial score (nSPS) is 12.5. The smallest absolute Gasteiger partial charge is 0.224 e. The number of carbonyl (C=O) groups is 1. The highest BCUT2D eigenvalue weighted by Gasteiger charge is 2.10. The highest BCUT2D eigenvalue weighted by molar-refractivity contribution is 5.75. The second-order valence-electron chi connectivity index (χ2n) is 3.54. The van der Waals surface area contributed by atoms with Crippen molar-refractivity contribution >= 4 is 5.91 Å². The highest BCUT2D eigenvalue weighted by atomic mass is 16.3. The van der Waals surface area contributed by atoms with Crippen molar-refractivity contribution in [1.29, 1.82) is 0 Å². The van der Waals surface area contributed by atoms with E-state index >= 15 is 0 Å². The molecule has 0 fully saturated rings. The second kappa shape index (κ2) is 5.45. The van der Waals surface area contributed by atoms with E-state index in [1.54, 1.807) is 31.0 Å². The van der Waals surface area contributed by atoms with Crippen molar-refractivity contribution in [3.05, 3.63) is 12.4 Å². The molecule has 0 radical (unpaired) electrons. The third-order valence-electron chi connectivity index (χ3n) is 1.99. The Bertz CT molecular complexity index is 297. The molecule has 1 atom stereocenters. The monoisotopic (exact) mass is 212 g/mol. The summed E-state index contributed by atoms with van der Waals surface area (Å²) in [4.78, 5) is 13.0. The Kier molecular flexibility index (Phi) is 4.23. The van der Waals surface area contributed by atoms with E-state index in [4.69, 9.17) is 5.11 Å². The first kappa shape index (κ1) is 11.6. The lowest BCUT2D eigenvalue weighted by molar-refractivity contribution is -0.131. The van der Waals surface area contributed by atoms with E-state index in [0.717, 1.165) is 0 Å². The van der Waals surface area contributed by atoms with Gasteiger partial charge in [-0.15, -0.1) is 5.10 Å². The third kappa shape index (κ3) is 4.07. The van der Waals surface area contributed by atoms with Gasteiger partial charge in [0.15, 0.2) is 0 Å². The molecule has 0 aliphatic heterocycles. The van der Waals surface area contributed by atoms with Crippen LogP contribution in [-0.2, 0) is 11.3 Å². The van der Waals surface area contributed by atoms with Gasteiger partial charge in [-0.3, -0.25) is 9.48 Å². The summed E-state index contributed by atoms with van der Waals surface area (Å²) >= 11 is 0. The predicted molar refractivity (Wildman–Crippen MR) is 54.0 cm³/mol. The van der Waals surface area contributed by atoms with Crippen molar-refractivity contribution in [2.75, 3.05) is 13.6 Å². The van der Waals surface area contributed by atoms with E-state index in [0.29, 0.717) is 19.5 Å². The van der Waals surface area contributed by atoms with Gasteiger partial charge >= 0.3 is 0 Å². The number of aryl methyl sites for hydroxylation is 1. The van der Waals surface area contributed by atoms with Crippen LogP contribution in [0.4, 0.5) is 0 Å². The Balaban J connectivity index is 2.29. The average Bonchev–Trinajstić information content (AvgIpc) is 2.65. The molecular weight excluding hydrogens is 196 g/mol. The number of amides is 1. The number of hydrogen-bond donors (Lipinski definition) is 1. The second-order valence-corrected chi connectivity index (χ2v) is 3.54. The Hall–Kier alpha value is -1.43. The van der Waals surface area contributed by atoms with Crippen LogP contribution >= 0.6 is 0 Å². The van der Waals surface area contributed by atoms with Crippen LogP contribution < -0.4 is 0 Å². The first-order valence-electron chi connectivity index (χ1n) is 4.85. The Morgan fingerprint density at radius 2 is 2.40 bits per heavy atom. The van der Waals surface area contributed by atoms with Gasteiger partial charge in [-0.25, -0.2) is 0 Å². The van der Waals surface area contributed by atoms with Crippen LogP contribution in [0.5, 0.6) is 0 Å². The maximum absolute atomic E-state index is 11.5. The molecule has 84 valence electrons.